The van der Waals surface area contributed by atoms with Crippen molar-refractivity contribution >= 4 is 10.8 Å². The summed E-state index contributed by atoms with van der Waals surface area (Å²) in [6, 6.07) is 27.9. The molecule has 0 saturated heterocycles. The van der Waals surface area contributed by atoms with Crippen molar-refractivity contribution in [2.75, 3.05) is 13.2 Å². The van der Waals surface area contributed by atoms with Gasteiger partial charge in [0.25, 0.3) is 0 Å². The molecule has 0 heterocycles. The van der Waals surface area contributed by atoms with Gasteiger partial charge in [-0.05, 0) is 62.7 Å². The first-order chi connectivity index (χ1) is 13.3. The van der Waals surface area contributed by atoms with Gasteiger partial charge in [0.15, 0.2) is 0 Å². The normalized spacial score (nSPS) is 12.0. The van der Waals surface area contributed by atoms with Crippen LogP contribution in [-0.2, 0) is 6.42 Å². The van der Waals surface area contributed by atoms with Gasteiger partial charge in [-0.2, -0.15) is 0 Å². The van der Waals surface area contributed by atoms with E-state index in [4.69, 9.17) is 9.84 Å². The van der Waals surface area contributed by atoms with Gasteiger partial charge in [-0.15, -0.1) is 0 Å². The minimum Gasteiger partial charge on any atom is -0.491 e. The van der Waals surface area contributed by atoms with E-state index in [9.17, 15) is 0 Å². The van der Waals surface area contributed by atoms with Gasteiger partial charge in [0, 0.05) is 0 Å². The van der Waals surface area contributed by atoms with E-state index in [0.717, 1.165) is 17.6 Å². The summed E-state index contributed by atoms with van der Waals surface area (Å²) in [6.07, 6.45) is 0.982. The highest BCUT2D eigenvalue weighted by atomic mass is 16.5. The standard InChI is InChI=1S/C25H20O2/c26-13-14-27-19-11-12-21-17(15-19)6-3-8-22(21)24-10-4-9-23-20-7-2-1-5-18(20)16-25(23)24/h1-12,15,26H,13-14,16H2. The number of ether oxygens (including phenoxy) is 1. The molecular weight excluding hydrogens is 332 g/mol. The van der Waals surface area contributed by atoms with E-state index in [-0.39, 0.29) is 6.61 Å². The molecule has 4 aromatic rings. The Morgan fingerprint density at radius 3 is 2.37 bits per heavy atom. The average molecular weight is 352 g/mol. The Hall–Kier alpha value is -3.10. The fourth-order valence-corrected chi connectivity index (χ4v) is 4.16. The number of hydrogen-bond donors (Lipinski definition) is 1. The zero-order valence-corrected chi connectivity index (χ0v) is 15.0. The van der Waals surface area contributed by atoms with Crippen molar-refractivity contribution in [1.29, 1.82) is 0 Å². The predicted molar refractivity (Wildman–Crippen MR) is 110 cm³/mol. The van der Waals surface area contributed by atoms with Crippen molar-refractivity contribution in [2.45, 2.75) is 6.42 Å². The molecule has 5 rings (SSSR count). The van der Waals surface area contributed by atoms with Crippen LogP contribution in [0.15, 0.2) is 78.9 Å². The molecule has 27 heavy (non-hydrogen) atoms. The Kier molecular flexibility index (Phi) is 3.92. The van der Waals surface area contributed by atoms with E-state index in [2.05, 4.69) is 66.7 Å². The lowest BCUT2D eigenvalue weighted by Gasteiger charge is -2.13. The topological polar surface area (TPSA) is 29.5 Å². The molecule has 0 atom stereocenters. The number of benzene rings is 4. The lowest BCUT2D eigenvalue weighted by Crippen LogP contribution is -2.01. The summed E-state index contributed by atoms with van der Waals surface area (Å²) in [5, 5.41) is 11.3. The molecule has 2 nitrogen and oxygen atoms in total. The van der Waals surface area contributed by atoms with Crippen LogP contribution < -0.4 is 4.74 Å². The zero-order valence-electron chi connectivity index (χ0n) is 15.0. The van der Waals surface area contributed by atoms with Gasteiger partial charge < -0.3 is 9.84 Å². The third-order valence-electron chi connectivity index (χ3n) is 5.35. The van der Waals surface area contributed by atoms with Crippen LogP contribution in [0.5, 0.6) is 5.75 Å². The summed E-state index contributed by atoms with van der Waals surface area (Å²) in [5.74, 6) is 0.791. The Morgan fingerprint density at radius 1 is 0.741 bits per heavy atom. The van der Waals surface area contributed by atoms with Crippen LogP contribution in [0.2, 0.25) is 0 Å². The second-order valence-electron chi connectivity index (χ2n) is 6.93. The molecule has 132 valence electrons. The van der Waals surface area contributed by atoms with E-state index >= 15 is 0 Å². The summed E-state index contributed by atoms with van der Waals surface area (Å²) >= 11 is 0. The van der Waals surface area contributed by atoms with Crippen molar-refractivity contribution in [1.82, 2.24) is 0 Å². The van der Waals surface area contributed by atoms with Crippen LogP contribution in [0, 0.1) is 0 Å². The van der Waals surface area contributed by atoms with Crippen molar-refractivity contribution in [3.8, 4) is 28.0 Å². The lowest BCUT2D eigenvalue weighted by molar-refractivity contribution is 0.201. The van der Waals surface area contributed by atoms with E-state index in [1.54, 1.807) is 0 Å². The van der Waals surface area contributed by atoms with Gasteiger partial charge in [-0.3, -0.25) is 0 Å². The molecule has 1 aliphatic rings. The van der Waals surface area contributed by atoms with E-state index in [0.29, 0.717) is 6.61 Å². The highest BCUT2D eigenvalue weighted by molar-refractivity contribution is 5.99. The van der Waals surface area contributed by atoms with Crippen LogP contribution in [-0.4, -0.2) is 18.3 Å². The van der Waals surface area contributed by atoms with Gasteiger partial charge in [-0.1, -0.05) is 66.7 Å². The van der Waals surface area contributed by atoms with Gasteiger partial charge in [0.05, 0.1) is 6.61 Å². The maximum absolute atomic E-state index is 8.97. The zero-order chi connectivity index (χ0) is 18.2. The third kappa shape index (κ3) is 2.70. The molecule has 0 aromatic heterocycles. The van der Waals surface area contributed by atoms with E-state index in [1.165, 1.54) is 38.8 Å². The first-order valence-corrected chi connectivity index (χ1v) is 9.32. The molecule has 0 unspecified atom stereocenters. The second-order valence-corrected chi connectivity index (χ2v) is 6.93. The molecule has 1 aliphatic carbocycles. The Balaban J connectivity index is 1.65. The Bertz CT molecular complexity index is 1140. The number of aliphatic hydroxyl groups excluding tert-OH is 1. The van der Waals surface area contributed by atoms with Gasteiger partial charge in [0.2, 0.25) is 0 Å². The maximum Gasteiger partial charge on any atom is 0.120 e. The minimum absolute atomic E-state index is 0.0226. The second kappa shape index (κ2) is 6.57. The molecular formula is C25H20O2. The fraction of sp³-hybridized carbons (Fsp3) is 0.120. The molecule has 0 amide bonds. The molecule has 4 aromatic carbocycles. The Morgan fingerprint density at radius 2 is 1.48 bits per heavy atom. The molecule has 1 N–H and O–H groups in total. The highest BCUT2D eigenvalue weighted by Crippen LogP contribution is 2.43. The quantitative estimate of drug-likeness (QED) is 0.466. The van der Waals surface area contributed by atoms with Gasteiger partial charge >= 0.3 is 0 Å². The van der Waals surface area contributed by atoms with E-state index in [1.807, 2.05) is 12.1 Å². The molecule has 0 fully saturated rings. The molecule has 2 heteroatoms. The first kappa shape index (κ1) is 16.1. The summed E-state index contributed by atoms with van der Waals surface area (Å²) < 4.78 is 5.58. The summed E-state index contributed by atoms with van der Waals surface area (Å²) in [4.78, 5) is 0. The number of rotatable bonds is 4. The van der Waals surface area contributed by atoms with Crippen LogP contribution in [0.1, 0.15) is 11.1 Å². The van der Waals surface area contributed by atoms with Crippen molar-refractivity contribution < 1.29 is 9.84 Å². The molecule has 0 radical (unpaired) electrons. The van der Waals surface area contributed by atoms with Crippen LogP contribution in [0.25, 0.3) is 33.0 Å². The predicted octanol–water partition coefficient (Wildman–Crippen LogP) is 5.45. The van der Waals surface area contributed by atoms with E-state index < -0.39 is 0 Å². The molecule has 0 bridgehead atoms. The Labute approximate surface area is 158 Å². The van der Waals surface area contributed by atoms with Crippen molar-refractivity contribution in [3.63, 3.8) is 0 Å². The summed E-state index contributed by atoms with van der Waals surface area (Å²) in [5.41, 5.74) is 8.08. The number of fused-ring (bicyclic) bond motifs is 4. The fourth-order valence-electron chi connectivity index (χ4n) is 4.16. The summed E-state index contributed by atoms with van der Waals surface area (Å²) in [6.45, 7) is 0.338. The lowest BCUT2D eigenvalue weighted by atomic mass is 9.92. The molecule has 0 spiro atoms. The minimum atomic E-state index is 0.0226. The molecule has 0 saturated carbocycles. The van der Waals surface area contributed by atoms with Crippen LogP contribution in [0.3, 0.4) is 0 Å². The monoisotopic (exact) mass is 352 g/mol. The van der Waals surface area contributed by atoms with Gasteiger partial charge in [0.1, 0.15) is 12.4 Å². The maximum atomic E-state index is 8.97. The van der Waals surface area contributed by atoms with Crippen LogP contribution in [0.4, 0.5) is 0 Å². The number of aliphatic hydroxyl groups is 1. The smallest absolute Gasteiger partial charge is 0.120 e. The first-order valence-electron chi connectivity index (χ1n) is 9.32. The molecule has 0 aliphatic heterocycles. The average Bonchev–Trinajstić information content (AvgIpc) is 3.10. The third-order valence-corrected chi connectivity index (χ3v) is 5.35. The van der Waals surface area contributed by atoms with Gasteiger partial charge in [-0.25, -0.2) is 0 Å². The highest BCUT2D eigenvalue weighted by Gasteiger charge is 2.21. The van der Waals surface area contributed by atoms with Crippen molar-refractivity contribution in [2.24, 2.45) is 0 Å². The van der Waals surface area contributed by atoms with Crippen molar-refractivity contribution in [3.05, 3.63) is 90.0 Å². The number of hydrogen-bond acceptors (Lipinski definition) is 2. The SMILES string of the molecule is OCCOc1ccc2c(-c3cccc4c3Cc3ccccc3-4)cccc2c1. The largest absolute Gasteiger partial charge is 0.491 e. The van der Waals surface area contributed by atoms with Crippen LogP contribution >= 0.6 is 0 Å². The summed E-state index contributed by atoms with van der Waals surface area (Å²) in [7, 11) is 0.